The van der Waals surface area contributed by atoms with Gasteiger partial charge < -0.3 is 9.64 Å². The summed E-state index contributed by atoms with van der Waals surface area (Å²) in [6.07, 6.45) is 14.2. The summed E-state index contributed by atoms with van der Waals surface area (Å²) in [7, 11) is 1.82. The van der Waals surface area contributed by atoms with Crippen LogP contribution in [0.2, 0.25) is 0 Å². The number of hydrogen-bond acceptors (Lipinski definition) is 3. The van der Waals surface area contributed by atoms with E-state index in [4.69, 9.17) is 4.74 Å². The zero-order valence-corrected chi connectivity index (χ0v) is 15.5. The van der Waals surface area contributed by atoms with E-state index in [-0.39, 0.29) is 0 Å². The molecule has 1 saturated heterocycles. The number of ether oxygens (including phenoxy) is 1. The molecule has 1 aliphatic heterocycles. The van der Waals surface area contributed by atoms with Crippen LogP contribution in [0.3, 0.4) is 0 Å². The lowest BCUT2D eigenvalue weighted by Crippen LogP contribution is -2.45. The summed E-state index contributed by atoms with van der Waals surface area (Å²) in [6.45, 7) is 3.55. The molecule has 4 atom stereocenters. The highest BCUT2D eigenvalue weighted by Gasteiger charge is 2.41. The molecule has 0 saturated carbocycles. The highest BCUT2D eigenvalue weighted by Crippen LogP contribution is 2.47. The maximum absolute atomic E-state index is 5.65. The average molecular weight is 342 g/mol. The second-order valence-electron chi connectivity index (χ2n) is 7.26. The molecular formula is C21H27NOS. The van der Waals surface area contributed by atoms with E-state index in [1.807, 2.05) is 18.4 Å². The predicted molar refractivity (Wildman–Crippen MR) is 101 cm³/mol. The topological polar surface area (TPSA) is 12.5 Å². The van der Waals surface area contributed by atoms with Crippen molar-refractivity contribution in [1.29, 1.82) is 0 Å². The van der Waals surface area contributed by atoms with E-state index in [0.29, 0.717) is 23.8 Å². The average Bonchev–Trinajstić information content (AvgIpc) is 3.13. The summed E-state index contributed by atoms with van der Waals surface area (Å²) >= 11 is 1.88. The molecule has 2 heterocycles. The Morgan fingerprint density at radius 1 is 1.29 bits per heavy atom. The van der Waals surface area contributed by atoms with Crippen LogP contribution in [-0.2, 0) is 11.2 Å². The number of thiophene rings is 1. The van der Waals surface area contributed by atoms with E-state index < -0.39 is 0 Å². The Morgan fingerprint density at radius 2 is 2.21 bits per heavy atom. The molecule has 0 spiro atoms. The minimum atomic E-state index is 0.543. The maximum Gasteiger partial charge on any atom is 0.0995 e. The molecule has 2 nitrogen and oxygen atoms in total. The largest absolute Gasteiger partial charge is 0.501 e. The SMILES string of the molecule is COC1=CC=CC2C1CC=C1[C@H]2CCC(C)N1CCc1cccs1. The second-order valence-corrected chi connectivity index (χ2v) is 8.29. The van der Waals surface area contributed by atoms with Gasteiger partial charge >= 0.3 is 0 Å². The third-order valence-corrected chi connectivity index (χ3v) is 6.96. The van der Waals surface area contributed by atoms with E-state index >= 15 is 0 Å². The van der Waals surface area contributed by atoms with Crippen molar-refractivity contribution < 1.29 is 4.74 Å². The van der Waals surface area contributed by atoms with Crippen LogP contribution >= 0.6 is 11.3 Å². The minimum absolute atomic E-state index is 0.543. The molecule has 3 aliphatic rings. The van der Waals surface area contributed by atoms with E-state index in [1.165, 1.54) is 29.9 Å². The fourth-order valence-electron chi connectivity index (χ4n) is 4.77. The lowest BCUT2D eigenvalue weighted by molar-refractivity contribution is 0.112. The number of nitrogens with zero attached hydrogens (tertiary/aromatic N) is 1. The Bertz CT molecular complexity index is 657. The number of allylic oxidation sites excluding steroid dienone is 6. The van der Waals surface area contributed by atoms with Gasteiger partial charge in [-0.1, -0.05) is 24.3 Å². The molecule has 3 heteroatoms. The molecule has 0 aromatic carbocycles. The molecule has 128 valence electrons. The number of fused-ring (bicyclic) bond motifs is 3. The number of likely N-dealkylation sites (tertiary alicyclic amines) is 1. The fraction of sp³-hybridized carbons (Fsp3) is 0.524. The van der Waals surface area contributed by atoms with Gasteiger partial charge in [-0.05, 0) is 56.0 Å². The summed E-state index contributed by atoms with van der Waals surface area (Å²) in [5.41, 5.74) is 1.61. The van der Waals surface area contributed by atoms with Crippen LogP contribution < -0.4 is 0 Å². The van der Waals surface area contributed by atoms with Crippen LogP contribution in [0.15, 0.2) is 53.3 Å². The quantitative estimate of drug-likeness (QED) is 0.763. The third-order valence-electron chi connectivity index (χ3n) is 6.02. The molecule has 1 aromatic heterocycles. The molecular weight excluding hydrogens is 314 g/mol. The normalized spacial score (nSPS) is 31.8. The highest BCUT2D eigenvalue weighted by atomic mass is 32.1. The van der Waals surface area contributed by atoms with Crippen molar-refractivity contribution in [3.63, 3.8) is 0 Å². The van der Waals surface area contributed by atoms with E-state index in [0.717, 1.165) is 13.0 Å². The van der Waals surface area contributed by atoms with Crippen molar-refractivity contribution in [1.82, 2.24) is 4.90 Å². The maximum atomic E-state index is 5.65. The Balaban J connectivity index is 1.55. The molecule has 1 aromatic rings. The second kappa shape index (κ2) is 6.79. The Morgan fingerprint density at radius 3 is 3.00 bits per heavy atom. The van der Waals surface area contributed by atoms with Gasteiger partial charge in [0.05, 0.1) is 12.9 Å². The smallest absolute Gasteiger partial charge is 0.0995 e. The van der Waals surface area contributed by atoms with Gasteiger partial charge in [-0.3, -0.25) is 0 Å². The van der Waals surface area contributed by atoms with Gasteiger partial charge in [0.1, 0.15) is 0 Å². The Hall–Kier alpha value is -1.48. The predicted octanol–water partition coefficient (Wildman–Crippen LogP) is 5.01. The van der Waals surface area contributed by atoms with Crippen molar-refractivity contribution in [3.8, 4) is 0 Å². The molecule has 0 bridgehead atoms. The van der Waals surface area contributed by atoms with E-state index in [2.05, 4.69) is 53.6 Å². The first-order valence-corrected chi connectivity index (χ1v) is 10.1. The Labute approximate surface area is 149 Å². The first-order valence-electron chi connectivity index (χ1n) is 9.19. The summed E-state index contributed by atoms with van der Waals surface area (Å²) in [5, 5.41) is 2.19. The summed E-state index contributed by atoms with van der Waals surface area (Å²) < 4.78 is 5.65. The van der Waals surface area contributed by atoms with Crippen molar-refractivity contribution >= 4 is 11.3 Å². The minimum Gasteiger partial charge on any atom is -0.501 e. The summed E-state index contributed by atoms with van der Waals surface area (Å²) in [4.78, 5) is 4.20. The van der Waals surface area contributed by atoms with Crippen molar-refractivity contribution in [2.75, 3.05) is 13.7 Å². The molecule has 0 N–H and O–H groups in total. The zero-order chi connectivity index (χ0) is 16.5. The van der Waals surface area contributed by atoms with Gasteiger partial charge in [0.2, 0.25) is 0 Å². The van der Waals surface area contributed by atoms with E-state index in [1.54, 1.807) is 5.70 Å². The van der Waals surface area contributed by atoms with Crippen molar-refractivity contribution in [2.24, 2.45) is 17.8 Å². The van der Waals surface area contributed by atoms with Crippen molar-refractivity contribution in [3.05, 3.63) is 58.2 Å². The molecule has 4 rings (SSSR count). The molecule has 0 radical (unpaired) electrons. The molecule has 24 heavy (non-hydrogen) atoms. The first kappa shape index (κ1) is 16.0. The fourth-order valence-corrected chi connectivity index (χ4v) is 5.46. The Kier molecular flexibility index (Phi) is 4.53. The molecule has 3 unspecified atom stereocenters. The van der Waals surface area contributed by atoms with Gasteiger partial charge in [0.15, 0.2) is 0 Å². The highest BCUT2D eigenvalue weighted by molar-refractivity contribution is 7.09. The zero-order valence-electron chi connectivity index (χ0n) is 14.7. The van der Waals surface area contributed by atoms with Crippen LogP contribution in [0.5, 0.6) is 0 Å². The standard InChI is InChI=1S/C21H27NOS/c1-15-8-9-18-17-6-3-7-21(23-2)19(17)10-11-20(18)22(15)13-12-16-5-4-14-24-16/h3-7,11,14-15,17-19H,8-10,12-13H2,1-2H3/t15?,17?,18-,19?/m0/s1. The number of piperidine rings is 1. The van der Waals surface area contributed by atoms with Gasteiger partial charge in [-0.15, -0.1) is 11.3 Å². The van der Waals surface area contributed by atoms with Crippen LogP contribution in [0.25, 0.3) is 0 Å². The molecule has 2 aliphatic carbocycles. The first-order chi connectivity index (χ1) is 11.8. The number of rotatable bonds is 4. The van der Waals surface area contributed by atoms with Crippen LogP contribution in [0, 0.1) is 17.8 Å². The third kappa shape index (κ3) is 2.83. The van der Waals surface area contributed by atoms with E-state index in [9.17, 15) is 0 Å². The number of hydrogen-bond donors (Lipinski definition) is 0. The summed E-state index contributed by atoms with van der Waals surface area (Å²) in [5.74, 6) is 2.99. The van der Waals surface area contributed by atoms with Gasteiger partial charge in [0, 0.05) is 35.0 Å². The van der Waals surface area contributed by atoms with Gasteiger partial charge in [-0.2, -0.15) is 0 Å². The summed E-state index contributed by atoms with van der Waals surface area (Å²) in [6, 6.07) is 5.09. The van der Waals surface area contributed by atoms with Crippen LogP contribution in [0.1, 0.15) is 31.1 Å². The number of methoxy groups -OCH3 is 1. The van der Waals surface area contributed by atoms with Crippen LogP contribution in [-0.4, -0.2) is 24.6 Å². The lowest BCUT2D eigenvalue weighted by Gasteiger charge is -2.49. The lowest BCUT2D eigenvalue weighted by atomic mass is 9.67. The molecule has 0 amide bonds. The van der Waals surface area contributed by atoms with Gasteiger partial charge in [0.25, 0.3) is 0 Å². The van der Waals surface area contributed by atoms with Crippen LogP contribution in [0.4, 0.5) is 0 Å². The van der Waals surface area contributed by atoms with Crippen molar-refractivity contribution in [2.45, 2.75) is 38.6 Å². The van der Waals surface area contributed by atoms with Gasteiger partial charge in [-0.25, -0.2) is 0 Å². The molecule has 1 fully saturated rings. The monoisotopic (exact) mass is 341 g/mol.